The van der Waals surface area contributed by atoms with Crippen LogP contribution in [0.5, 0.6) is 11.5 Å². The molecule has 1 aromatic rings. The molecule has 1 saturated heterocycles. The second kappa shape index (κ2) is 5.36. The van der Waals surface area contributed by atoms with E-state index in [1.807, 2.05) is 18.2 Å². The van der Waals surface area contributed by atoms with Gasteiger partial charge in [0.1, 0.15) is 0 Å². The van der Waals surface area contributed by atoms with E-state index in [4.69, 9.17) is 15.2 Å². The Balaban J connectivity index is 1.65. The predicted molar refractivity (Wildman–Crippen MR) is 71.2 cm³/mol. The average Bonchev–Trinajstić information content (AvgIpc) is 2.85. The van der Waals surface area contributed by atoms with E-state index in [0.717, 1.165) is 37.2 Å². The van der Waals surface area contributed by atoms with Crippen LogP contribution in [-0.2, 0) is 0 Å². The van der Waals surface area contributed by atoms with Gasteiger partial charge in [0.2, 0.25) is 6.79 Å². The lowest BCUT2D eigenvalue weighted by Gasteiger charge is -2.32. The van der Waals surface area contributed by atoms with Gasteiger partial charge in [-0.25, -0.2) is 0 Å². The molecule has 19 heavy (non-hydrogen) atoms. The monoisotopic (exact) mass is 264 g/mol. The van der Waals surface area contributed by atoms with Crippen molar-refractivity contribution in [1.82, 2.24) is 4.90 Å². The van der Waals surface area contributed by atoms with Gasteiger partial charge in [0.25, 0.3) is 0 Å². The number of rotatable bonds is 3. The third-order valence-electron chi connectivity index (χ3n) is 3.75. The number of benzene rings is 1. The molecule has 2 aliphatic heterocycles. The summed E-state index contributed by atoms with van der Waals surface area (Å²) in [5, 5.41) is 10.3. The summed E-state index contributed by atoms with van der Waals surface area (Å²) in [6.07, 6.45) is 1.67. The first kappa shape index (κ1) is 12.7. The number of nitrogens with zero attached hydrogens (tertiary/aromatic N) is 1. The number of hydrogen-bond donors (Lipinski definition) is 2. The number of aliphatic hydroxyl groups excluding tert-OH is 1. The first-order valence-electron chi connectivity index (χ1n) is 6.78. The summed E-state index contributed by atoms with van der Waals surface area (Å²) in [5.74, 6) is 1.46. The van der Waals surface area contributed by atoms with Gasteiger partial charge in [0, 0.05) is 19.1 Å². The van der Waals surface area contributed by atoms with Crippen LogP contribution in [0.4, 0.5) is 0 Å². The summed E-state index contributed by atoms with van der Waals surface area (Å²) >= 11 is 0. The molecular formula is C14H20N2O3. The molecule has 0 radical (unpaired) electrons. The standard InChI is InChI=1S/C14H20N2O3/c15-11-2-1-5-16(7-11)8-12(17)10-3-4-13-14(6-10)19-9-18-13/h3-4,6,11-12,17H,1-2,5,7-9,15H2. The van der Waals surface area contributed by atoms with Gasteiger partial charge in [-0.15, -0.1) is 0 Å². The molecule has 104 valence electrons. The third-order valence-corrected chi connectivity index (χ3v) is 3.75. The minimum atomic E-state index is -0.514. The largest absolute Gasteiger partial charge is 0.454 e. The molecule has 3 rings (SSSR count). The topological polar surface area (TPSA) is 68.0 Å². The van der Waals surface area contributed by atoms with Crippen molar-refractivity contribution in [3.05, 3.63) is 23.8 Å². The lowest BCUT2D eigenvalue weighted by atomic mass is 10.0. The van der Waals surface area contributed by atoms with Crippen LogP contribution >= 0.6 is 0 Å². The number of likely N-dealkylation sites (tertiary alicyclic amines) is 1. The van der Waals surface area contributed by atoms with Crippen molar-refractivity contribution in [2.24, 2.45) is 5.73 Å². The Morgan fingerprint density at radius 3 is 3.05 bits per heavy atom. The van der Waals surface area contributed by atoms with E-state index in [0.29, 0.717) is 12.3 Å². The first-order chi connectivity index (χ1) is 9.22. The van der Waals surface area contributed by atoms with Crippen LogP contribution in [-0.4, -0.2) is 42.5 Å². The average molecular weight is 264 g/mol. The van der Waals surface area contributed by atoms with Crippen molar-refractivity contribution < 1.29 is 14.6 Å². The zero-order valence-corrected chi connectivity index (χ0v) is 10.9. The zero-order chi connectivity index (χ0) is 13.2. The van der Waals surface area contributed by atoms with Crippen molar-refractivity contribution >= 4 is 0 Å². The highest BCUT2D eigenvalue weighted by Gasteiger charge is 2.21. The lowest BCUT2D eigenvalue weighted by Crippen LogP contribution is -2.44. The van der Waals surface area contributed by atoms with Crippen LogP contribution < -0.4 is 15.2 Å². The van der Waals surface area contributed by atoms with Crippen molar-refractivity contribution in [3.8, 4) is 11.5 Å². The summed E-state index contributed by atoms with van der Waals surface area (Å²) in [6, 6.07) is 5.83. The van der Waals surface area contributed by atoms with Crippen molar-refractivity contribution in [2.45, 2.75) is 25.0 Å². The van der Waals surface area contributed by atoms with Crippen LogP contribution in [0.15, 0.2) is 18.2 Å². The Morgan fingerprint density at radius 1 is 1.37 bits per heavy atom. The molecule has 2 atom stereocenters. The maximum atomic E-state index is 10.3. The van der Waals surface area contributed by atoms with Gasteiger partial charge in [-0.05, 0) is 37.1 Å². The molecule has 3 N–H and O–H groups in total. The van der Waals surface area contributed by atoms with E-state index in [9.17, 15) is 5.11 Å². The summed E-state index contributed by atoms with van der Waals surface area (Å²) in [4.78, 5) is 2.23. The highest BCUT2D eigenvalue weighted by Crippen LogP contribution is 2.34. The van der Waals surface area contributed by atoms with Gasteiger partial charge in [-0.1, -0.05) is 6.07 Å². The number of ether oxygens (including phenoxy) is 2. The predicted octanol–water partition coefficient (Wildman–Crippen LogP) is 0.872. The quantitative estimate of drug-likeness (QED) is 0.848. The number of hydrogen-bond acceptors (Lipinski definition) is 5. The molecule has 0 spiro atoms. The Bertz CT molecular complexity index is 452. The van der Waals surface area contributed by atoms with E-state index in [1.165, 1.54) is 0 Å². The minimum absolute atomic E-state index is 0.234. The fourth-order valence-corrected chi connectivity index (χ4v) is 2.73. The van der Waals surface area contributed by atoms with Gasteiger partial charge in [0.15, 0.2) is 11.5 Å². The maximum Gasteiger partial charge on any atom is 0.231 e. The van der Waals surface area contributed by atoms with Gasteiger partial charge < -0.3 is 20.3 Å². The van der Waals surface area contributed by atoms with E-state index in [1.54, 1.807) is 0 Å². The number of fused-ring (bicyclic) bond motifs is 1. The number of nitrogens with two attached hydrogens (primary N) is 1. The van der Waals surface area contributed by atoms with Gasteiger partial charge in [0.05, 0.1) is 6.10 Å². The van der Waals surface area contributed by atoms with E-state index >= 15 is 0 Å². The van der Waals surface area contributed by atoms with Gasteiger partial charge >= 0.3 is 0 Å². The molecule has 1 fully saturated rings. The van der Waals surface area contributed by atoms with Crippen molar-refractivity contribution in [1.29, 1.82) is 0 Å². The van der Waals surface area contributed by atoms with E-state index < -0.39 is 6.10 Å². The fraction of sp³-hybridized carbons (Fsp3) is 0.571. The number of piperidine rings is 1. The summed E-state index contributed by atoms with van der Waals surface area (Å²) in [5.41, 5.74) is 6.82. The van der Waals surface area contributed by atoms with Gasteiger partial charge in [-0.3, -0.25) is 4.90 Å². The lowest BCUT2D eigenvalue weighted by molar-refractivity contribution is 0.0960. The highest BCUT2D eigenvalue weighted by atomic mass is 16.7. The molecule has 2 heterocycles. The summed E-state index contributed by atoms with van der Waals surface area (Å²) < 4.78 is 10.6. The van der Waals surface area contributed by atoms with Gasteiger partial charge in [-0.2, -0.15) is 0 Å². The Kier molecular flexibility index (Phi) is 3.59. The molecule has 5 nitrogen and oxygen atoms in total. The second-order valence-corrected chi connectivity index (χ2v) is 5.29. The SMILES string of the molecule is NC1CCCN(CC(O)c2ccc3c(c2)OCO3)C1. The molecule has 1 aromatic carbocycles. The Hall–Kier alpha value is -1.30. The highest BCUT2D eigenvalue weighted by molar-refractivity contribution is 5.45. The van der Waals surface area contributed by atoms with Crippen molar-refractivity contribution in [2.75, 3.05) is 26.4 Å². The van der Waals surface area contributed by atoms with E-state index in [-0.39, 0.29) is 12.8 Å². The molecule has 0 bridgehead atoms. The zero-order valence-electron chi connectivity index (χ0n) is 10.9. The Labute approximate surface area is 112 Å². The minimum Gasteiger partial charge on any atom is -0.454 e. The van der Waals surface area contributed by atoms with Crippen LogP contribution in [0, 0.1) is 0 Å². The molecule has 0 aromatic heterocycles. The third kappa shape index (κ3) is 2.83. The smallest absolute Gasteiger partial charge is 0.231 e. The molecule has 0 amide bonds. The number of β-amino-alcohol motifs (C(OH)–C–C–N with tert-alkyl or cyclic N) is 1. The van der Waals surface area contributed by atoms with E-state index in [2.05, 4.69) is 4.90 Å². The second-order valence-electron chi connectivity index (χ2n) is 5.29. The summed E-state index contributed by atoms with van der Waals surface area (Å²) in [7, 11) is 0. The van der Waals surface area contributed by atoms with Crippen LogP contribution in [0.2, 0.25) is 0 Å². The maximum absolute atomic E-state index is 10.3. The van der Waals surface area contributed by atoms with Crippen LogP contribution in [0.3, 0.4) is 0 Å². The molecule has 0 saturated carbocycles. The van der Waals surface area contributed by atoms with Crippen LogP contribution in [0.1, 0.15) is 24.5 Å². The fourth-order valence-electron chi connectivity index (χ4n) is 2.73. The molecule has 2 unspecified atom stereocenters. The normalized spacial score (nSPS) is 24.4. The summed E-state index contributed by atoms with van der Waals surface area (Å²) in [6.45, 7) is 2.75. The molecule has 0 aliphatic carbocycles. The first-order valence-corrected chi connectivity index (χ1v) is 6.78. The van der Waals surface area contributed by atoms with Crippen LogP contribution in [0.25, 0.3) is 0 Å². The number of aliphatic hydroxyl groups is 1. The van der Waals surface area contributed by atoms with Crippen molar-refractivity contribution in [3.63, 3.8) is 0 Å². The Morgan fingerprint density at radius 2 is 2.21 bits per heavy atom. The molecular weight excluding hydrogens is 244 g/mol. The molecule has 2 aliphatic rings. The molecule has 5 heteroatoms.